The van der Waals surface area contributed by atoms with Crippen LogP contribution in [0, 0.1) is 0 Å². The summed E-state index contributed by atoms with van der Waals surface area (Å²) in [5.74, 6) is 1.89. The van der Waals surface area contributed by atoms with Gasteiger partial charge in [0.2, 0.25) is 0 Å². The van der Waals surface area contributed by atoms with E-state index in [4.69, 9.17) is 4.74 Å². The molecule has 0 bridgehead atoms. The normalized spacial score (nSPS) is 17.2. The highest BCUT2D eigenvalue weighted by atomic mass is 16.5. The lowest BCUT2D eigenvalue weighted by Crippen LogP contribution is -2.41. The van der Waals surface area contributed by atoms with Crippen molar-refractivity contribution in [3.8, 4) is 5.75 Å². The molecule has 4 nitrogen and oxygen atoms in total. The average molecular weight is 249 g/mol. The fourth-order valence-electron chi connectivity index (χ4n) is 2.35. The Morgan fingerprint density at radius 3 is 2.72 bits per heavy atom. The third-order valence-electron chi connectivity index (χ3n) is 3.32. The van der Waals surface area contributed by atoms with Crippen molar-refractivity contribution in [1.29, 1.82) is 0 Å². The van der Waals surface area contributed by atoms with Gasteiger partial charge in [0.1, 0.15) is 0 Å². The maximum Gasteiger partial charge on any atom is 0.171 e. The number of nitrogens with zero attached hydrogens (tertiary/aromatic N) is 2. The first-order valence-corrected chi connectivity index (χ1v) is 6.74. The second-order valence-corrected chi connectivity index (χ2v) is 5.04. The molecule has 0 aliphatic carbocycles. The first-order chi connectivity index (χ1) is 8.70. The van der Waals surface area contributed by atoms with E-state index in [-0.39, 0.29) is 6.10 Å². The molecule has 2 heterocycles. The first kappa shape index (κ1) is 13.1. The van der Waals surface area contributed by atoms with Gasteiger partial charge in [-0.15, -0.1) is 0 Å². The van der Waals surface area contributed by atoms with Crippen molar-refractivity contribution >= 4 is 5.82 Å². The van der Waals surface area contributed by atoms with E-state index in [9.17, 15) is 0 Å². The molecule has 1 fully saturated rings. The van der Waals surface area contributed by atoms with Crippen LogP contribution in [0.3, 0.4) is 0 Å². The second-order valence-electron chi connectivity index (χ2n) is 5.04. The molecule has 1 N–H and O–H groups in total. The van der Waals surface area contributed by atoms with Gasteiger partial charge in [-0.3, -0.25) is 0 Å². The number of ether oxygens (including phenoxy) is 1. The molecule has 1 aromatic heterocycles. The lowest BCUT2D eigenvalue weighted by molar-refractivity contribution is 0.241. The number of nitrogens with one attached hydrogen (secondary N) is 1. The second kappa shape index (κ2) is 6.05. The van der Waals surface area contributed by atoms with Crippen LogP contribution >= 0.6 is 0 Å². The molecule has 1 aliphatic heterocycles. The Morgan fingerprint density at radius 1 is 1.39 bits per heavy atom. The number of hydrogen-bond donors (Lipinski definition) is 1. The number of hydrogen-bond acceptors (Lipinski definition) is 4. The van der Waals surface area contributed by atoms with Gasteiger partial charge < -0.3 is 15.0 Å². The topological polar surface area (TPSA) is 37.4 Å². The summed E-state index contributed by atoms with van der Waals surface area (Å²) in [6.45, 7) is 6.17. The summed E-state index contributed by atoms with van der Waals surface area (Å²) in [4.78, 5) is 6.81. The van der Waals surface area contributed by atoms with Gasteiger partial charge >= 0.3 is 0 Å². The fraction of sp³-hybridized carbons (Fsp3) is 0.643. The SMILES string of the molecule is CNC1CCN(c2ncccc2OC(C)C)CC1. The quantitative estimate of drug-likeness (QED) is 0.886. The highest BCUT2D eigenvalue weighted by Gasteiger charge is 2.21. The molecule has 2 rings (SSSR count). The summed E-state index contributed by atoms with van der Waals surface area (Å²) in [6, 6.07) is 4.58. The van der Waals surface area contributed by atoms with Crippen molar-refractivity contribution in [2.24, 2.45) is 0 Å². The molecule has 0 atom stereocenters. The zero-order valence-electron chi connectivity index (χ0n) is 11.5. The van der Waals surface area contributed by atoms with E-state index in [0.29, 0.717) is 6.04 Å². The predicted molar refractivity (Wildman–Crippen MR) is 74.3 cm³/mol. The van der Waals surface area contributed by atoms with Crippen molar-refractivity contribution in [2.75, 3.05) is 25.0 Å². The minimum absolute atomic E-state index is 0.183. The van der Waals surface area contributed by atoms with Crippen molar-refractivity contribution in [1.82, 2.24) is 10.3 Å². The molecule has 18 heavy (non-hydrogen) atoms. The molecule has 0 spiro atoms. The van der Waals surface area contributed by atoms with Gasteiger partial charge in [0.05, 0.1) is 6.10 Å². The molecule has 1 saturated heterocycles. The maximum absolute atomic E-state index is 5.83. The van der Waals surface area contributed by atoms with Crippen LogP contribution in [0.5, 0.6) is 5.75 Å². The van der Waals surface area contributed by atoms with Crippen LogP contribution < -0.4 is 15.0 Å². The van der Waals surface area contributed by atoms with Crippen molar-refractivity contribution in [3.05, 3.63) is 18.3 Å². The van der Waals surface area contributed by atoms with Gasteiger partial charge in [0.25, 0.3) is 0 Å². The van der Waals surface area contributed by atoms with E-state index in [1.54, 1.807) is 0 Å². The van der Waals surface area contributed by atoms with E-state index < -0.39 is 0 Å². The van der Waals surface area contributed by atoms with Gasteiger partial charge in [-0.1, -0.05) is 0 Å². The highest BCUT2D eigenvalue weighted by Crippen LogP contribution is 2.28. The van der Waals surface area contributed by atoms with E-state index in [1.807, 2.05) is 39.2 Å². The Kier molecular flexibility index (Phi) is 4.42. The van der Waals surface area contributed by atoms with Crippen molar-refractivity contribution in [3.63, 3.8) is 0 Å². The Balaban J connectivity index is 2.08. The monoisotopic (exact) mass is 249 g/mol. The number of rotatable bonds is 4. The maximum atomic E-state index is 5.83. The lowest BCUT2D eigenvalue weighted by Gasteiger charge is -2.33. The first-order valence-electron chi connectivity index (χ1n) is 6.74. The molecule has 1 aliphatic rings. The Bertz CT molecular complexity index is 373. The minimum atomic E-state index is 0.183. The summed E-state index contributed by atoms with van der Waals surface area (Å²) < 4.78 is 5.83. The summed E-state index contributed by atoms with van der Waals surface area (Å²) in [5.41, 5.74) is 0. The Hall–Kier alpha value is -1.29. The molecule has 100 valence electrons. The van der Waals surface area contributed by atoms with Crippen LogP contribution in [0.15, 0.2) is 18.3 Å². The van der Waals surface area contributed by atoms with Crippen LogP contribution in [0.4, 0.5) is 5.82 Å². The number of piperidine rings is 1. The third-order valence-corrected chi connectivity index (χ3v) is 3.32. The van der Waals surface area contributed by atoms with E-state index in [2.05, 4.69) is 15.2 Å². The van der Waals surface area contributed by atoms with Gasteiger partial charge in [0.15, 0.2) is 11.6 Å². The van der Waals surface area contributed by atoms with Crippen LogP contribution in [0.25, 0.3) is 0 Å². The summed E-state index contributed by atoms with van der Waals surface area (Å²) in [5, 5.41) is 3.34. The number of aromatic nitrogens is 1. The highest BCUT2D eigenvalue weighted by molar-refractivity contribution is 5.52. The van der Waals surface area contributed by atoms with Gasteiger partial charge in [-0.2, -0.15) is 0 Å². The molecular formula is C14H23N3O. The van der Waals surface area contributed by atoms with E-state index >= 15 is 0 Å². The van der Waals surface area contributed by atoms with Crippen molar-refractivity contribution < 1.29 is 4.74 Å². The number of pyridine rings is 1. The molecule has 4 heteroatoms. The largest absolute Gasteiger partial charge is 0.487 e. The van der Waals surface area contributed by atoms with Gasteiger partial charge in [0, 0.05) is 25.3 Å². The predicted octanol–water partition coefficient (Wildman–Crippen LogP) is 2.06. The molecule has 0 saturated carbocycles. The zero-order valence-corrected chi connectivity index (χ0v) is 11.5. The van der Waals surface area contributed by atoms with Crippen LogP contribution in [-0.4, -0.2) is 37.3 Å². The molecular weight excluding hydrogens is 226 g/mol. The average Bonchev–Trinajstić information content (AvgIpc) is 2.39. The molecule has 1 aromatic rings. The van der Waals surface area contributed by atoms with E-state index in [0.717, 1.165) is 37.5 Å². The van der Waals surface area contributed by atoms with Crippen LogP contribution in [0.2, 0.25) is 0 Å². The zero-order chi connectivity index (χ0) is 13.0. The van der Waals surface area contributed by atoms with Crippen molar-refractivity contribution in [2.45, 2.75) is 38.8 Å². The van der Waals surface area contributed by atoms with E-state index in [1.165, 1.54) is 0 Å². The molecule has 0 unspecified atom stereocenters. The fourth-order valence-corrected chi connectivity index (χ4v) is 2.35. The summed E-state index contributed by atoms with van der Waals surface area (Å²) in [6.07, 6.45) is 4.34. The minimum Gasteiger partial charge on any atom is -0.487 e. The summed E-state index contributed by atoms with van der Waals surface area (Å²) in [7, 11) is 2.04. The summed E-state index contributed by atoms with van der Waals surface area (Å²) >= 11 is 0. The van der Waals surface area contributed by atoms with Gasteiger partial charge in [-0.25, -0.2) is 4.98 Å². The smallest absolute Gasteiger partial charge is 0.171 e. The number of anilines is 1. The standard InChI is InChI=1S/C14H23N3O/c1-11(2)18-13-5-4-8-16-14(13)17-9-6-12(15-3)7-10-17/h4-5,8,11-12,15H,6-7,9-10H2,1-3H3. The van der Waals surface area contributed by atoms with Crippen LogP contribution in [-0.2, 0) is 0 Å². The third kappa shape index (κ3) is 3.13. The molecule has 0 amide bonds. The van der Waals surface area contributed by atoms with Crippen LogP contribution in [0.1, 0.15) is 26.7 Å². The Morgan fingerprint density at radius 2 is 2.11 bits per heavy atom. The van der Waals surface area contributed by atoms with Gasteiger partial charge in [-0.05, 0) is 45.9 Å². The molecule has 0 aromatic carbocycles. The lowest BCUT2D eigenvalue weighted by atomic mass is 10.1. The molecule has 0 radical (unpaired) electrons. The Labute approximate surface area is 109 Å².